The Hall–Kier alpha value is -2.30. The Morgan fingerprint density at radius 1 is 0.857 bits per heavy atom. The summed E-state index contributed by atoms with van der Waals surface area (Å²) in [6.45, 7) is 5.71. The Bertz CT molecular complexity index is 770. The Kier molecular flexibility index (Phi) is 6.30. The van der Waals surface area contributed by atoms with Gasteiger partial charge in [-0.3, -0.25) is 0 Å². The molecule has 2 fully saturated rings. The van der Waals surface area contributed by atoms with Crippen molar-refractivity contribution < 1.29 is 9.47 Å². The number of nitrogens with zero attached hydrogens (tertiary/aromatic N) is 6. The summed E-state index contributed by atoms with van der Waals surface area (Å²) >= 11 is 3.43. The van der Waals surface area contributed by atoms with Gasteiger partial charge in [-0.05, 0) is 17.7 Å². The first-order chi connectivity index (χ1) is 13.8. The summed E-state index contributed by atoms with van der Waals surface area (Å²) in [5.41, 5.74) is 3.92. The maximum Gasteiger partial charge on any atom is 0.250 e. The molecule has 0 unspecified atom stereocenters. The fraction of sp³-hybridized carbons (Fsp3) is 0.444. The highest BCUT2D eigenvalue weighted by atomic mass is 79.9. The predicted molar refractivity (Wildman–Crippen MR) is 111 cm³/mol. The number of rotatable bonds is 5. The quantitative estimate of drug-likeness (QED) is 0.547. The van der Waals surface area contributed by atoms with Crippen LogP contribution in [0.4, 0.5) is 17.8 Å². The maximum absolute atomic E-state index is 5.44. The number of hydrogen-bond acceptors (Lipinski definition) is 9. The average Bonchev–Trinajstić information content (AvgIpc) is 2.76. The lowest BCUT2D eigenvalue weighted by atomic mass is 10.2. The molecule has 0 saturated carbocycles. The highest BCUT2D eigenvalue weighted by molar-refractivity contribution is 9.10. The number of morpholine rings is 2. The molecule has 3 heterocycles. The number of hydrazone groups is 1. The third-order valence-corrected chi connectivity index (χ3v) is 4.98. The van der Waals surface area contributed by atoms with Gasteiger partial charge in [0, 0.05) is 30.7 Å². The zero-order chi connectivity index (χ0) is 19.2. The molecule has 2 aromatic rings. The first-order valence-electron chi connectivity index (χ1n) is 9.24. The summed E-state index contributed by atoms with van der Waals surface area (Å²) in [6, 6.07) is 7.89. The molecule has 1 N–H and O–H groups in total. The normalized spacial score (nSPS) is 17.9. The fourth-order valence-electron chi connectivity index (χ4n) is 2.93. The smallest absolute Gasteiger partial charge is 0.250 e. The second kappa shape index (κ2) is 9.26. The van der Waals surface area contributed by atoms with E-state index in [-0.39, 0.29) is 0 Å². The molecule has 1 aromatic heterocycles. The van der Waals surface area contributed by atoms with E-state index in [1.165, 1.54) is 0 Å². The summed E-state index contributed by atoms with van der Waals surface area (Å²) in [5, 5.41) is 4.28. The number of ether oxygens (including phenoxy) is 2. The van der Waals surface area contributed by atoms with Crippen molar-refractivity contribution in [3.63, 3.8) is 0 Å². The Balaban J connectivity index is 1.54. The number of benzene rings is 1. The Morgan fingerprint density at radius 2 is 1.39 bits per heavy atom. The first-order valence-corrected chi connectivity index (χ1v) is 10.0. The van der Waals surface area contributed by atoms with Crippen LogP contribution in [-0.2, 0) is 9.47 Å². The van der Waals surface area contributed by atoms with Crippen molar-refractivity contribution in [2.24, 2.45) is 5.10 Å². The summed E-state index contributed by atoms with van der Waals surface area (Å²) < 4.78 is 11.9. The van der Waals surface area contributed by atoms with Gasteiger partial charge < -0.3 is 19.3 Å². The molecule has 0 bridgehead atoms. The van der Waals surface area contributed by atoms with Crippen LogP contribution in [0, 0.1) is 0 Å². The third-order valence-electron chi connectivity index (χ3n) is 4.45. The molecule has 0 spiro atoms. The number of aromatic nitrogens is 3. The molecule has 1 aromatic carbocycles. The zero-order valence-electron chi connectivity index (χ0n) is 15.4. The molecule has 4 rings (SSSR count). The molecule has 0 radical (unpaired) electrons. The van der Waals surface area contributed by atoms with Crippen LogP contribution >= 0.6 is 15.9 Å². The molecule has 148 valence electrons. The van der Waals surface area contributed by atoms with Crippen LogP contribution in [0.3, 0.4) is 0 Å². The number of halogens is 1. The van der Waals surface area contributed by atoms with E-state index in [9.17, 15) is 0 Å². The Labute approximate surface area is 171 Å². The highest BCUT2D eigenvalue weighted by Crippen LogP contribution is 2.18. The van der Waals surface area contributed by atoms with Crippen LogP contribution in [0.15, 0.2) is 33.8 Å². The number of anilines is 3. The van der Waals surface area contributed by atoms with Gasteiger partial charge in [-0.2, -0.15) is 20.1 Å². The molecular formula is C18H22BrN7O2. The van der Waals surface area contributed by atoms with E-state index in [2.05, 4.69) is 51.2 Å². The van der Waals surface area contributed by atoms with Gasteiger partial charge in [-0.15, -0.1) is 0 Å². The van der Waals surface area contributed by atoms with Crippen molar-refractivity contribution in [3.8, 4) is 0 Å². The van der Waals surface area contributed by atoms with Crippen molar-refractivity contribution >= 4 is 40.0 Å². The van der Waals surface area contributed by atoms with E-state index < -0.39 is 0 Å². The van der Waals surface area contributed by atoms with E-state index >= 15 is 0 Å². The van der Waals surface area contributed by atoms with E-state index in [4.69, 9.17) is 9.47 Å². The lowest BCUT2D eigenvalue weighted by Gasteiger charge is -2.30. The van der Waals surface area contributed by atoms with E-state index in [0.717, 1.165) is 36.2 Å². The minimum atomic E-state index is 0.423. The lowest BCUT2D eigenvalue weighted by Crippen LogP contribution is -2.40. The average molecular weight is 448 g/mol. The second-order valence-electron chi connectivity index (χ2n) is 6.38. The van der Waals surface area contributed by atoms with Crippen LogP contribution < -0.4 is 15.2 Å². The molecule has 0 atom stereocenters. The highest BCUT2D eigenvalue weighted by Gasteiger charge is 2.20. The van der Waals surface area contributed by atoms with Gasteiger partial charge >= 0.3 is 0 Å². The van der Waals surface area contributed by atoms with Crippen molar-refractivity contribution in [1.29, 1.82) is 0 Å². The van der Waals surface area contributed by atoms with Crippen molar-refractivity contribution in [3.05, 3.63) is 34.3 Å². The molecule has 0 amide bonds. The van der Waals surface area contributed by atoms with Crippen molar-refractivity contribution in [2.75, 3.05) is 67.8 Å². The molecule has 2 saturated heterocycles. The van der Waals surface area contributed by atoms with Gasteiger partial charge in [-0.1, -0.05) is 28.1 Å². The maximum atomic E-state index is 5.44. The molecule has 2 aliphatic heterocycles. The molecule has 2 aliphatic rings. The molecule has 0 aliphatic carbocycles. The molecule has 10 heteroatoms. The van der Waals surface area contributed by atoms with Crippen LogP contribution in [-0.4, -0.2) is 73.8 Å². The molecule has 9 nitrogen and oxygen atoms in total. The Morgan fingerprint density at radius 3 is 1.93 bits per heavy atom. The van der Waals surface area contributed by atoms with E-state index in [1.54, 1.807) is 6.21 Å². The summed E-state index contributed by atoms with van der Waals surface area (Å²) in [5.74, 6) is 1.70. The summed E-state index contributed by atoms with van der Waals surface area (Å²) in [6.07, 6.45) is 1.74. The monoisotopic (exact) mass is 447 g/mol. The van der Waals surface area contributed by atoms with Gasteiger partial charge in [0.2, 0.25) is 17.8 Å². The predicted octanol–water partition coefficient (Wildman–Crippen LogP) is 1.75. The van der Waals surface area contributed by atoms with Gasteiger partial charge in [0.05, 0.1) is 32.6 Å². The number of nitrogens with one attached hydrogen (secondary N) is 1. The second-order valence-corrected chi connectivity index (χ2v) is 7.30. The molecular weight excluding hydrogens is 426 g/mol. The zero-order valence-corrected chi connectivity index (χ0v) is 17.0. The van der Waals surface area contributed by atoms with Gasteiger partial charge in [0.25, 0.3) is 0 Å². The van der Waals surface area contributed by atoms with Crippen LogP contribution in [0.1, 0.15) is 5.56 Å². The molecule has 28 heavy (non-hydrogen) atoms. The van der Waals surface area contributed by atoms with Crippen LogP contribution in [0.25, 0.3) is 0 Å². The summed E-state index contributed by atoms with van der Waals surface area (Å²) in [7, 11) is 0. The topological polar surface area (TPSA) is 88.0 Å². The standard InChI is InChI=1S/C18H22BrN7O2/c19-15-3-1-14(2-4-15)13-20-24-16-21-17(25-5-9-27-10-6-25)23-18(22-16)26-7-11-28-12-8-26/h1-4,13H,5-12H2,(H,21,22,23,24)/b20-13-. The fourth-order valence-corrected chi connectivity index (χ4v) is 3.19. The minimum absolute atomic E-state index is 0.423. The first kappa shape index (κ1) is 19.0. The lowest BCUT2D eigenvalue weighted by molar-refractivity contribution is 0.121. The summed E-state index contributed by atoms with van der Waals surface area (Å²) in [4.78, 5) is 18.0. The van der Waals surface area contributed by atoms with Crippen molar-refractivity contribution in [2.45, 2.75) is 0 Å². The van der Waals surface area contributed by atoms with E-state index in [0.29, 0.717) is 44.3 Å². The van der Waals surface area contributed by atoms with Gasteiger partial charge in [0.15, 0.2) is 0 Å². The van der Waals surface area contributed by atoms with E-state index in [1.807, 2.05) is 24.3 Å². The SMILES string of the molecule is Brc1ccc(/C=N\Nc2nc(N3CCOCC3)nc(N3CCOCC3)n2)cc1. The van der Waals surface area contributed by atoms with Crippen LogP contribution in [0.5, 0.6) is 0 Å². The number of hydrogen-bond donors (Lipinski definition) is 1. The van der Waals surface area contributed by atoms with Crippen molar-refractivity contribution in [1.82, 2.24) is 15.0 Å². The third kappa shape index (κ3) is 4.94. The largest absolute Gasteiger partial charge is 0.378 e. The van der Waals surface area contributed by atoms with Crippen LogP contribution in [0.2, 0.25) is 0 Å². The van der Waals surface area contributed by atoms with Gasteiger partial charge in [0.1, 0.15) is 0 Å². The minimum Gasteiger partial charge on any atom is -0.378 e. The van der Waals surface area contributed by atoms with Gasteiger partial charge in [-0.25, -0.2) is 5.43 Å².